The molecule has 1 aliphatic carbocycles. The largest absolute Gasteiger partial charge is 0.368 e. The van der Waals surface area contributed by atoms with Crippen LogP contribution in [0.3, 0.4) is 0 Å². The van der Waals surface area contributed by atoms with Crippen LogP contribution in [0.15, 0.2) is 53.9 Å². The van der Waals surface area contributed by atoms with E-state index in [9.17, 15) is 4.79 Å². The van der Waals surface area contributed by atoms with Crippen LogP contribution < -0.4 is 10.2 Å². The van der Waals surface area contributed by atoms with Crippen LogP contribution in [0.2, 0.25) is 0 Å². The van der Waals surface area contributed by atoms with E-state index in [-0.39, 0.29) is 6.03 Å². The van der Waals surface area contributed by atoms with Crippen molar-refractivity contribution in [3.8, 4) is 23.5 Å². The van der Waals surface area contributed by atoms with Gasteiger partial charge in [-0.15, -0.1) is 17.8 Å². The molecule has 1 aromatic heterocycles. The molecule has 31 heavy (non-hydrogen) atoms. The first-order valence-electron chi connectivity index (χ1n) is 10.6. The van der Waals surface area contributed by atoms with Gasteiger partial charge < -0.3 is 9.80 Å². The summed E-state index contributed by atoms with van der Waals surface area (Å²) >= 11 is 1.35. The number of thiazole rings is 1. The van der Waals surface area contributed by atoms with E-state index < -0.39 is 0 Å². The Bertz CT molecular complexity index is 1120. The molecule has 0 unspecified atom stereocenters. The summed E-state index contributed by atoms with van der Waals surface area (Å²) in [6.45, 7) is 2.94. The second-order valence-electron chi connectivity index (χ2n) is 8.03. The van der Waals surface area contributed by atoms with E-state index in [1.807, 2.05) is 4.90 Å². The Balaban J connectivity index is 1.18. The summed E-state index contributed by atoms with van der Waals surface area (Å²) in [5, 5.41) is 5.18. The molecule has 156 valence electrons. The van der Waals surface area contributed by atoms with E-state index in [0.29, 0.717) is 23.9 Å². The molecule has 2 aliphatic rings. The SMILES string of the molecule is C#Cc1nc(NC(=O)N2CCN(c3ccc(-c4cccc(C5CC5)c4)cc3)CC2)cs1. The summed E-state index contributed by atoms with van der Waals surface area (Å²) < 4.78 is 0. The number of amides is 2. The molecule has 2 fully saturated rings. The van der Waals surface area contributed by atoms with Crippen molar-refractivity contribution in [2.75, 3.05) is 36.4 Å². The summed E-state index contributed by atoms with van der Waals surface area (Å²) in [4.78, 5) is 20.8. The molecule has 0 atom stereocenters. The van der Waals surface area contributed by atoms with Crippen LogP contribution in [-0.4, -0.2) is 42.1 Å². The number of aromatic nitrogens is 1. The van der Waals surface area contributed by atoms with Crippen LogP contribution in [0.1, 0.15) is 29.3 Å². The predicted octanol–water partition coefficient (Wildman–Crippen LogP) is 5.02. The van der Waals surface area contributed by atoms with Gasteiger partial charge in [-0.1, -0.05) is 36.4 Å². The molecule has 0 bridgehead atoms. The number of piperazine rings is 1. The Morgan fingerprint density at radius 3 is 2.52 bits per heavy atom. The van der Waals surface area contributed by atoms with E-state index >= 15 is 0 Å². The highest BCUT2D eigenvalue weighted by atomic mass is 32.1. The molecular formula is C25H24N4OS. The Morgan fingerprint density at radius 1 is 1.06 bits per heavy atom. The van der Waals surface area contributed by atoms with Crippen LogP contribution in [-0.2, 0) is 0 Å². The topological polar surface area (TPSA) is 48.5 Å². The van der Waals surface area contributed by atoms with Crippen molar-refractivity contribution < 1.29 is 4.79 Å². The van der Waals surface area contributed by atoms with Gasteiger partial charge in [0.15, 0.2) is 5.01 Å². The molecule has 5 rings (SSSR count). The van der Waals surface area contributed by atoms with Crippen molar-refractivity contribution in [1.82, 2.24) is 9.88 Å². The monoisotopic (exact) mass is 428 g/mol. The van der Waals surface area contributed by atoms with Crippen LogP contribution in [0.5, 0.6) is 0 Å². The minimum Gasteiger partial charge on any atom is -0.368 e. The van der Waals surface area contributed by atoms with Gasteiger partial charge in [0.2, 0.25) is 0 Å². The number of anilines is 2. The second kappa shape index (κ2) is 8.44. The fourth-order valence-corrected chi connectivity index (χ4v) is 4.56. The summed E-state index contributed by atoms with van der Waals surface area (Å²) in [6, 6.07) is 17.6. The molecule has 5 nitrogen and oxygen atoms in total. The number of benzene rings is 2. The normalized spacial score (nSPS) is 16.1. The molecule has 1 N–H and O–H groups in total. The lowest BCUT2D eigenvalue weighted by atomic mass is 10.0. The maximum absolute atomic E-state index is 12.5. The zero-order chi connectivity index (χ0) is 21.2. The van der Waals surface area contributed by atoms with Gasteiger partial charge in [0, 0.05) is 37.2 Å². The average Bonchev–Trinajstić information content (AvgIpc) is 3.58. The van der Waals surface area contributed by atoms with Gasteiger partial charge in [-0.25, -0.2) is 9.78 Å². The number of carbonyl (C=O) groups excluding carboxylic acids is 1. The van der Waals surface area contributed by atoms with Gasteiger partial charge in [0.25, 0.3) is 0 Å². The smallest absolute Gasteiger partial charge is 0.323 e. The fourth-order valence-electron chi connectivity index (χ4n) is 4.01. The second-order valence-corrected chi connectivity index (χ2v) is 8.89. The molecule has 1 saturated heterocycles. The van der Waals surface area contributed by atoms with Gasteiger partial charge in [-0.2, -0.15) is 0 Å². The first-order chi connectivity index (χ1) is 15.2. The van der Waals surface area contributed by atoms with Crippen molar-refractivity contribution in [3.05, 3.63) is 64.5 Å². The van der Waals surface area contributed by atoms with Crippen LogP contribution in [0.25, 0.3) is 11.1 Å². The Labute approximate surface area is 186 Å². The zero-order valence-electron chi connectivity index (χ0n) is 17.3. The van der Waals surface area contributed by atoms with Crippen molar-refractivity contribution >= 4 is 28.9 Å². The Hall–Kier alpha value is -3.30. The lowest BCUT2D eigenvalue weighted by molar-refractivity contribution is 0.208. The highest BCUT2D eigenvalue weighted by molar-refractivity contribution is 7.10. The standard InChI is InChI=1S/C25H24N4OS/c1-2-24-26-23(17-31-24)27-25(30)29-14-12-28(13-15-29)22-10-8-19(9-11-22)21-5-3-4-20(16-21)18-6-7-18/h1,3-5,8-11,16-18H,6-7,12-15H2,(H,27,30). The molecule has 0 spiro atoms. The number of hydrogen-bond acceptors (Lipinski definition) is 4. The number of carbonyl (C=O) groups is 1. The third kappa shape index (κ3) is 4.42. The molecule has 2 amide bonds. The van der Waals surface area contributed by atoms with E-state index in [1.165, 1.54) is 46.6 Å². The van der Waals surface area contributed by atoms with E-state index in [4.69, 9.17) is 6.42 Å². The van der Waals surface area contributed by atoms with Crippen LogP contribution in [0, 0.1) is 12.3 Å². The summed E-state index contributed by atoms with van der Waals surface area (Å²) in [5.41, 5.74) is 5.19. The molecule has 0 radical (unpaired) electrons. The number of nitrogens with zero attached hydrogens (tertiary/aromatic N) is 3. The number of urea groups is 1. The summed E-state index contributed by atoms with van der Waals surface area (Å²) in [6.07, 6.45) is 7.98. The summed E-state index contributed by atoms with van der Waals surface area (Å²) in [5.74, 6) is 3.77. The average molecular weight is 429 g/mol. The maximum atomic E-state index is 12.5. The van der Waals surface area contributed by atoms with Crippen molar-refractivity contribution in [3.63, 3.8) is 0 Å². The van der Waals surface area contributed by atoms with Crippen molar-refractivity contribution in [1.29, 1.82) is 0 Å². The van der Waals surface area contributed by atoms with Crippen LogP contribution >= 0.6 is 11.3 Å². The van der Waals surface area contributed by atoms with Gasteiger partial charge >= 0.3 is 6.03 Å². The van der Waals surface area contributed by atoms with Gasteiger partial charge in [0.1, 0.15) is 5.82 Å². The number of hydrogen-bond donors (Lipinski definition) is 1. The minimum atomic E-state index is -0.126. The van der Waals surface area contributed by atoms with E-state index in [2.05, 4.69) is 69.7 Å². The van der Waals surface area contributed by atoms with Gasteiger partial charge in [-0.3, -0.25) is 5.32 Å². The quantitative estimate of drug-likeness (QED) is 0.594. The third-order valence-corrected chi connectivity index (χ3v) is 6.70. The summed E-state index contributed by atoms with van der Waals surface area (Å²) in [7, 11) is 0. The van der Waals surface area contributed by atoms with Gasteiger partial charge in [-0.05, 0) is 53.5 Å². The molecule has 3 aromatic rings. The Morgan fingerprint density at radius 2 is 1.84 bits per heavy atom. The molecule has 2 heterocycles. The van der Waals surface area contributed by atoms with Gasteiger partial charge in [0.05, 0.1) is 0 Å². The maximum Gasteiger partial charge on any atom is 0.323 e. The number of terminal acetylenes is 1. The van der Waals surface area contributed by atoms with E-state index in [0.717, 1.165) is 19.0 Å². The number of nitrogens with one attached hydrogen (secondary N) is 1. The highest BCUT2D eigenvalue weighted by Gasteiger charge is 2.24. The molecular weight excluding hydrogens is 404 g/mol. The molecule has 1 saturated carbocycles. The first-order valence-corrected chi connectivity index (χ1v) is 11.5. The highest BCUT2D eigenvalue weighted by Crippen LogP contribution is 2.41. The first kappa shape index (κ1) is 19.7. The predicted molar refractivity (Wildman–Crippen MR) is 127 cm³/mol. The lowest BCUT2D eigenvalue weighted by Gasteiger charge is -2.36. The third-order valence-electron chi connectivity index (χ3n) is 5.93. The van der Waals surface area contributed by atoms with E-state index in [1.54, 1.807) is 5.38 Å². The fraction of sp³-hybridized carbons (Fsp3) is 0.280. The van der Waals surface area contributed by atoms with Crippen molar-refractivity contribution in [2.24, 2.45) is 0 Å². The molecule has 2 aromatic carbocycles. The lowest BCUT2D eigenvalue weighted by Crippen LogP contribution is -2.50. The molecule has 1 aliphatic heterocycles. The van der Waals surface area contributed by atoms with Crippen LogP contribution in [0.4, 0.5) is 16.3 Å². The minimum absolute atomic E-state index is 0.126. The zero-order valence-corrected chi connectivity index (χ0v) is 18.1. The Kier molecular flexibility index (Phi) is 5.35. The van der Waals surface area contributed by atoms with Crippen molar-refractivity contribution in [2.45, 2.75) is 18.8 Å². The number of rotatable bonds is 4. The molecule has 6 heteroatoms.